The molecule has 1 aromatic heterocycles. The third kappa shape index (κ3) is 4.97. The predicted molar refractivity (Wildman–Crippen MR) is 98.3 cm³/mol. The van der Waals surface area contributed by atoms with E-state index in [1.54, 1.807) is 24.3 Å². The summed E-state index contributed by atoms with van der Waals surface area (Å²) in [6, 6.07) is 6.65. The highest BCUT2D eigenvalue weighted by Crippen LogP contribution is 2.32. The lowest BCUT2D eigenvalue weighted by Gasteiger charge is -2.12. The molecule has 24 heavy (non-hydrogen) atoms. The van der Waals surface area contributed by atoms with Crippen molar-refractivity contribution in [2.75, 3.05) is 35.7 Å². The highest BCUT2D eigenvalue weighted by Gasteiger charge is 2.13. The first kappa shape index (κ1) is 18.8. The summed E-state index contributed by atoms with van der Waals surface area (Å²) < 4.78 is 24.9. The molecule has 0 fully saturated rings. The average Bonchev–Trinajstić information content (AvgIpc) is 2.51. The van der Waals surface area contributed by atoms with Gasteiger partial charge in [-0.2, -0.15) is 0 Å². The third-order valence-electron chi connectivity index (χ3n) is 2.88. The fourth-order valence-corrected chi connectivity index (χ4v) is 3.42. The van der Waals surface area contributed by atoms with Crippen molar-refractivity contribution in [3.8, 4) is 11.4 Å². The number of aliphatic hydroxyl groups is 1. The van der Waals surface area contributed by atoms with E-state index in [1.165, 1.54) is 11.8 Å². The zero-order chi connectivity index (χ0) is 17.7. The minimum atomic E-state index is -3.33. The maximum Gasteiger partial charge on any atom is 0.229 e. The Bertz CT molecular complexity index is 814. The number of aromatic nitrogens is 2. The van der Waals surface area contributed by atoms with Crippen LogP contribution in [0.25, 0.3) is 11.4 Å². The fourth-order valence-electron chi connectivity index (χ4n) is 1.93. The Hall–Kier alpha value is -1.55. The first-order chi connectivity index (χ1) is 11.3. The quantitative estimate of drug-likeness (QED) is 0.493. The van der Waals surface area contributed by atoms with Crippen molar-refractivity contribution in [1.29, 1.82) is 0 Å². The molecule has 0 spiro atoms. The average molecular weight is 389 g/mol. The van der Waals surface area contributed by atoms with Gasteiger partial charge in [0.2, 0.25) is 10.0 Å². The van der Waals surface area contributed by atoms with Crippen LogP contribution >= 0.6 is 23.4 Å². The number of anilines is 2. The minimum Gasteiger partial charge on any atom is -0.395 e. The molecule has 0 saturated carbocycles. The number of sulfonamides is 1. The lowest BCUT2D eigenvalue weighted by atomic mass is 10.2. The van der Waals surface area contributed by atoms with Gasteiger partial charge in [0, 0.05) is 17.8 Å². The summed E-state index contributed by atoms with van der Waals surface area (Å²) in [5.74, 6) is 0.953. The summed E-state index contributed by atoms with van der Waals surface area (Å²) in [6.45, 7) is 0.314. The van der Waals surface area contributed by atoms with Gasteiger partial charge in [-0.05, 0) is 30.5 Å². The Morgan fingerprint density at radius 1 is 1.25 bits per heavy atom. The van der Waals surface area contributed by atoms with Crippen molar-refractivity contribution in [3.63, 3.8) is 0 Å². The number of halogens is 1. The van der Waals surface area contributed by atoms with E-state index in [-0.39, 0.29) is 6.61 Å². The molecule has 0 aliphatic carbocycles. The molecule has 2 aromatic rings. The van der Waals surface area contributed by atoms with Crippen molar-refractivity contribution in [2.24, 2.45) is 0 Å². The normalized spacial score (nSPS) is 11.3. The molecule has 0 saturated heterocycles. The Morgan fingerprint density at radius 3 is 2.46 bits per heavy atom. The molecule has 7 nitrogen and oxygen atoms in total. The van der Waals surface area contributed by atoms with Crippen molar-refractivity contribution in [3.05, 3.63) is 29.4 Å². The Balaban J connectivity index is 2.36. The van der Waals surface area contributed by atoms with Crippen LogP contribution in [0.15, 0.2) is 29.2 Å². The molecule has 0 aliphatic rings. The highest BCUT2D eigenvalue weighted by atomic mass is 35.5. The number of rotatable bonds is 7. The van der Waals surface area contributed by atoms with Gasteiger partial charge in [-0.1, -0.05) is 11.6 Å². The van der Waals surface area contributed by atoms with Crippen molar-refractivity contribution >= 4 is 44.9 Å². The second kappa shape index (κ2) is 8.02. The SMILES string of the molecule is CSc1c(Cl)nc(-c2ccc(NS(C)(=O)=O)cc2)nc1NCCO. The van der Waals surface area contributed by atoms with Gasteiger partial charge in [0.15, 0.2) is 5.82 Å². The highest BCUT2D eigenvalue weighted by molar-refractivity contribution is 7.98. The number of benzene rings is 1. The lowest BCUT2D eigenvalue weighted by molar-refractivity contribution is 0.311. The summed E-state index contributed by atoms with van der Waals surface area (Å²) in [5, 5.41) is 12.3. The maximum atomic E-state index is 11.2. The summed E-state index contributed by atoms with van der Waals surface area (Å²) >= 11 is 7.62. The Labute approximate surface area is 149 Å². The van der Waals surface area contributed by atoms with E-state index in [2.05, 4.69) is 20.0 Å². The van der Waals surface area contributed by atoms with Crippen molar-refractivity contribution in [2.45, 2.75) is 4.90 Å². The molecule has 0 aliphatic heterocycles. The number of thioether (sulfide) groups is 1. The molecule has 0 atom stereocenters. The van der Waals surface area contributed by atoms with Gasteiger partial charge in [-0.25, -0.2) is 18.4 Å². The number of nitrogens with one attached hydrogen (secondary N) is 2. The van der Waals surface area contributed by atoms with E-state index in [9.17, 15) is 8.42 Å². The molecule has 0 amide bonds. The van der Waals surface area contributed by atoms with Gasteiger partial charge in [0.05, 0.1) is 17.8 Å². The smallest absolute Gasteiger partial charge is 0.229 e. The number of nitrogens with zero attached hydrogens (tertiary/aromatic N) is 2. The standard InChI is InChI=1S/C14H17ClN4O3S2/c1-23-11-12(15)17-13(18-14(11)16-7-8-20)9-3-5-10(6-4-9)19-24(2,21)22/h3-6,19-20H,7-8H2,1-2H3,(H,16,17,18). The van der Waals surface area contributed by atoms with Gasteiger partial charge >= 0.3 is 0 Å². The van der Waals surface area contributed by atoms with E-state index in [4.69, 9.17) is 16.7 Å². The van der Waals surface area contributed by atoms with Crippen molar-refractivity contribution < 1.29 is 13.5 Å². The number of aliphatic hydroxyl groups excluding tert-OH is 1. The van der Waals surface area contributed by atoms with Crippen LogP contribution in [0, 0.1) is 0 Å². The van der Waals surface area contributed by atoms with Crippen LogP contribution in [0.5, 0.6) is 0 Å². The second-order valence-corrected chi connectivity index (χ2v) is 7.74. The second-order valence-electron chi connectivity index (χ2n) is 4.82. The van der Waals surface area contributed by atoms with Gasteiger partial charge < -0.3 is 10.4 Å². The molecule has 10 heteroatoms. The van der Waals surface area contributed by atoms with Gasteiger partial charge in [0.1, 0.15) is 11.0 Å². The summed E-state index contributed by atoms with van der Waals surface area (Å²) in [6.07, 6.45) is 2.95. The zero-order valence-electron chi connectivity index (χ0n) is 13.1. The monoisotopic (exact) mass is 388 g/mol. The molecule has 1 aromatic carbocycles. The van der Waals surface area contributed by atoms with Gasteiger partial charge in [0.25, 0.3) is 0 Å². The fraction of sp³-hybridized carbons (Fsp3) is 0.286. The van der Waals surface area contributed by atoms with Gasteiger partial charge in [-0.3, -0.25) is 4.72 Å². The van der Waals surface area contributed by atoms with E-state index >= 15 is 0 Å². The summed E-state index contributed by atoms with van der Waals surface area (Å²) in [4.78, 5) is 9.42. The van der Waals surface area contributed by atoms with Crippen LogP contribution in [0.4, 0.5) is 11.5 Å². The molecular weight excluding hydrogens is 372 g/mol. The van der Waals surface area contributed by atoms with Crippen LogP contribution in [-0.2, 0) is 10.0 Å². The molecule has 0 unspecified atom stereocenters. The first-order valence-corrected chi connectivity index (χ1v) is 10.4. The van der Waals surface area contributed by atoms with E-state index in [1.807, 2.05) is 6.26 Å². The van der Waals surface area contributed by atoms with Crippen LogP contribution in [-0.4, -0.2) is 49.2 Å². The van der Waals surface area contributed by atoms with Crippen molar-refractivity contribution in [1.82, 2.24) is 9.97 Å². The van der Waals surface area contributed by atoms with Gasteiger partial charge in [-0.15, -0.1) is 11.8 Å². The maximum absolute atomic E-state index is 11.2. The largest absolute Gasteiger partial charge is 0.395 e. The Morgan fingerprint density at radius 2 is 1.92 bits per heavy atom. The third-order valence-corrected chi connectivity index (χ3v) is 4.67. The molecule has 0 bridgehead atoms. The lowest BCUT2D eigenvalue weighted by Crippen LogP contribution is -2.10. The summed E-state index contributed by atoms with van der Waals surface area (Å²) in [7, 11) is -3.33. The first-order valence-electron chi connectivity index (χ1n) is 6.88. The molecule has 1 heterocycles. The van der Waals surface area contributed by atoms with Crippen LogP contribution in [0.3, 0.4) is 0 Å². The van der Waals surface area contributed by atoms with E-state index in [0.29, 0.717) is 39.5 Å². The minimum absolute atomic E-state index is 0.0311. The Kier molecular flexibility index (Phi) is 6.27. The predicted octanol–water partition coefficient (Wildman–Crippen LogP) is 2.29. The van der Waals surface area contributed by atoms with E-state index < -0.39 is 10.0 Å². The van der Waals surface area contributed by atoms with E-state index in [0.717, 1.165) is 6.26 Å². The zero-order valence-corrected chi connectivity index (χ0v) is 15.5. The molecule has 3 N–H and O–H groups in total. The number of hydrogen-bond acceptors (Lipinski definition) is 7. The number of hydrogen-bond donors (Lipinski definition) is 3. The van der Waals surface area contributed by atoms with Crippen LogP contribution in [0.1, 0.15) is 0 Å². The van der Waals surface area contributed by atoms with Crippen LogP contribution < -0.4 is 10.0 Å². The topological polar surface area (TPSA) is 104 Å². The summed E-state index contributed by atoms with van der Waals surface area (Å²) in [5.41, 5.74) is 1.14. The molecular formula is C14H17ClN4O3S2. The molecule has 130 valence electrons. The molecule has 2 rings (SSSR count). The van der Waals surface area contributed by atoms with Crippen LogP contribution in [0.2, 0.25) is 5.15 Å². The molecule has 0 radical (unpaired) electrons.